The molecule has 0 nitrogen and oxygen atoms in total. The van der Waals surface area contributed by atoms with E-state index in [1.54, 1.807) is 12.1 Å². The Labute approximate surface area is 178 Å². The van der Waals surface area contributed by atoms with E-state index in [1.807, 2.05) is 6.07 Å². The number of benzene rings is 3. The van der Waals surface area contributed by atoms with Crippen molar-refractivity contribution in [1.82, 2.24) is 0 Å². The van der Waals surface area contributed by atoms with E-state index in [4.69, 9.17) is 0 Å². The summed E-state index contributed by atoms with van der Waals surface area (Å²) >= 11 is 0. The molecule has 0 bridgehead atoms. The van der Waals surface area contributed by atoms with Crippen LogP contribution in [-0.4, -0.2) is 0 Å². The van der Waals surface area contributed by atoms with Crippen LogP contribution in [0.15, 0.2) is 48.5 Å². The van der Waals surface area contributed by atoms with Crippen LogP contribution in [0, 0.1) is 29.1 Å². The zero-order valence-electron chi connectivity index (χ0n) is 17.0. The predicted molar refractivity (Wildman–Crippen MR) is 112 cm³/mol. The van der Waals surface area contributed by atoms with Gasteiger partial charge in [0.1, 0.15) is 17.5 Å². The first-order valence-electron chi connectivity index (χ1n) is 10.3. The third kappa shape index (κ3) is 4.14. The van der Waals surface area contributed by atoms with Gasteiger partial charge in [0, 0.05) is 5.56 Å². The largest absolute Gasteiger partial charge is 0.206 e. The second kappa shape index (κ2) is 8.66. The van der Waals surface area contributed by atoms with Gasteiger partial charge in [-0.3, -0.25) is 0 Å². The average Bonchev–Trinajstić information content (AvgIpc) is 2.74. The lowest BCUT2D eigenvalue weighted by Gasteiger charge is -2.21. The summed E-state index contributed by atoms with van der Waals surface area (Å²) in [5.41, 5.74) is 2.27. The molecule has 3 aromatic carbocycles. The summed E-state index contributed by atoms with van der Waals surface area (Å²) in [6, 6.07) is 9.10. The molecule has 31 heavy (non-hydrogen) atoms. The zero-order chi connectivity index (χ0) is 22.1. The van der Waals surface area contributed by atoms with Crippen molar-refractivity contribution in [3.05, 3.63) is 99.9 Å². The maximum absolute atomic E-state index is 15.2. The molecule has 5 heteroatoms. The van der Waals surface area contributed by atoms with Gasteiger partial charge in [0.2, 0.25) is 0 Å². The molecule has 1 aliphatic rings. The lowest BCUT2D eigenvalue weighted by molar-refractivity contribution is 0.508. The van der Waals surface area contributed by atoms with Crippen LogP contribution in [0.3, 0.4) is 0 Å². The molecule has 4 rings (SSSR count). The standard InChI is InChI=1S/C26H21F5/c1-2-3-4-15-5-8-19(22(28)11-15)16-6-9-20-18(12-16)14-24(30)25(26(20)31)17-7-10-21(27)23(29)13-17/h5-8,10-11,13-14H,2-4,9,12H2,1H3. The van der Waals surface area contributed by atoms with Crippen molar-refractivity contribution in [2.24, 2.45) is 0 Å². The molecule has 0 radical (unpaired) electrons. The van der Waals surface area contributed by atoms with E-state index >= 15 is 4.39 Å². The Morgan fingerprint density at radius 2 is 1.61 bits per heavy atom. The second-order valence-electron chi connectivity index (χ2n) is 7.84. The highest BCUT2D eigenvalue weighted by Gasteiger charge is 2.24. The van der Waals surface area contributed by atoms with Crippen LogP contribution in [-0.2, 0) is 19.3 Å². The Morgan fingerprint density at radius 1 is 0.806 bits per heavy atom. The first kappa shape index (κ1) is 21.3. The first-order chi connectivity index (χ1) is 14.9. The number of allylic oxidation sites excluding steroid dienone is 2. The van der Waals surface area contributed by atoms with Gasteiger partial charge in [-0.1, -0.05) is 37.6 Å². The highest BCUT2D eigenvalue weighted by Crippen LogP contribution is 2.36. The van der Waals surface area contributed by atoms with E-state index in [-0.39, 0.29) is 35.3 Å². The van der Waals surface area contributed by atoms with Gasteiger partial charge in [0.25, 0.3) is 0 Å². The number of fused-ring (bicyclic) bond motifs is 1. The van der Waals surface area contributed by atoms with E-state index in [0.717, 1.165) is 43.0 Å². The van der Waals surface area contributed by atoms with Crippen molar-refractivity contribution >= 4 is 5.57 Å². The fourth-order valence-corrected chi connectivity index (χ4v) is 4.07. The Hall–Kier alpha value is -2.95. The van der Waals surface area contributed by atoms with Crippen molar-refractivity contribution in [2.45, 2.75) is 39.0 Å². The van der Waals surface area contributed by atoms with E-state index in [1.165, 1.54) is 12.1 Å². The number of rotatable bonds is 5. The van der Waals surface area contributed by atoms with Gasteiger partial charge in [-0.25, -0.2) is 22.0 Å². The Morgan fingerprint density at radius 3 is 2.32 bits per heavy atom. The molecule has 0 spiro atoms. The van der Waals surface area contributed by atoms with Gasteiger partial charge in [0.05, 0.1) is 5.56 Å². The molecule has 0 aromatic heterocycles. The minimum absolute atomic E-state index is 0.0693. The Balaban J connectivity index is 1.67. The average molecular weight is 428 g/mol. The van der Waals surface area contributed by atoms with Crippen LogP contribution in [0.5, 0.6) is 0 Å². The summed E-state index contributed by atoms with van der Waals surface area (Å²) in [4.78, 5) is 0. The predicted octanol–water partition coefficient (Wildman–Crippen LogP) is 7.57. The van der Waals surface area contributed by atoms with E-state index < -0.39 is 23.3 Å². The molecule has 0 amide bonds. The van der Waals surface area contributed by atoms with Gasteiger partial charge in [0.15, 0.2) is 11.6 Å². The minimum Gasteiger partial charge on any atom is -0.206 e. The molecule has 160 valence electrons. The minimum atomic E-state index is -1.17. The van der Waals surface area contributed by atoms with Crippen LogP contribution < -0.4 is 0 Å². The first-order valence-corrected chi connectivity index (χ1v) is 10.3. The lowest BCUT2D eigenvalue weighted by Crippen LogP contribution is -2.09. The monoisotopic (exact) mass is 428 g/mol. The quantitative estimate of drug-likeness (QED) is 0.368. The molecular weight excluding hydrogens is 407 g/mol. The number of hydrogen-bond donors (Lipinski definition) is 0. The van der Waals surface area contributed by atoms with Gasteiger partial charge in [-0.2, -0.15) is 0 Å². The van der Waals surface area contributed by atoms with Crippen molar-refractivity contribution in [3.63, 3.8) is 0 Å². The molecule has 3 aromatic rings. The maximum Gasteiger partial charge on any atom is 0.159 e. The van der Waals surface area contributed by atoms with Gasteiger partial charge < -0.3 is 0 Å². The molecular formula is C26H21F5. The van der Waals surface area contributed by atoms with Crippen molar-refractivity contribution < 1.29 is 22.0 Å². The lowest BCUT2D eigenvalue weighted by atomic mass is 9.85. The van der Waals surface area contributed by atoms with Crippen LogP contribution in [0.25, 0.3) is 16.7 Å². The van der Waals surface area contributed by atoms with Crippen molar-refractivity contribution in [3.8, 4) is 11.1 Å². The summed E-state index contributed by atoms with van der Waals surface area (Å²) < 4.78 is 71.4. The molecule has 0 atom stereocenters. The van der Waals surface area contributed by atoms with Crippen LogP contribution in [0.1, 0.15) is 42.0 Å². The van der Waals surface area contributed by atoms with E-state index in [0.29, 0.717) is 16.7 Å². The smallest absolute Gasteiger partial charge is 0.159 e. The third-order valence-corrected chi connectivity index (χ3v) is 5.75. The van der Waals surface area contributed by atoms with Crippen LogP contribution >= 0.6 is 0 Å². The maximum atomic E-state index is 15.2. The molecule has 0 saturated carbocycles. The van der Waals surface area contributed by atoms with E-state index in [9.17, 15) is 17.6 Å². The molecule has 0 unspecified atom stereocenters. The summed E-state index contributed by atoms with van der Waals surface area (Å²) in [5.74, 6) is -4.26. The molecule has 0 aliphatic heterocycles. The van der Waals surface area contributed by atoms with E-state index in [2.05, 4.69) is 6.92 Å². The normalized spacial score (nSPS) is 13.2. The second-order valence-corrected chi connectivity index (χ2v) is 7.84. The number of hydrogen-bond acceptors (Lipinski definition) is 0. The molecule has 1 aliphatic carbocycles. The van der Waals surface area contributed by atoms with Crippen molar-refractivity contribution in [2.75, 3.05) is 0 Å². The highest BCUT2D eigenvalue weighted by molar-refractivity contribution is 5.74. The highest BCUT2D eigenvalue weighted by atomic mass is 19.2. The number of aryl methyl sites for hydroxylation is 1. The third-order valence-electron chi connectivity index (χ3n) is 5.75. The number of halogens is 5. The summed E-state index contributed by atoms with van der Waals surface area (Å²) in [6.07, 6.45) is 4.89. The Bertz CT molecular complexity index is 1180. The van der Waals surface area contributed by atoms with Gasteiger partial charge >= 0.3 is 0 Å². The van der Waals surface area contributed by atoms with Gasteiger partial charge in [-0.05, 0) is 77.8 Å². The SMILES string of the molecule is CCCCc1ccc(C2=CCc3c(cc(F)c(-c4ccc(F)c(F)c4)c3F)C2)c(F)c1. The molecule has 0 saturated heterocycles. The Kier molecular flexibility index (Phi) is 5.94. The molecule has 0 heterocycles. The van der Waals surface area contributed by atoms with Crippen molar-refractivity contribution in [1.29, 1.82) is 0 Å². The van der Waals surface area contributed by atoms with Crippen LogP contribution in [0.2, 0.25) is 0 Å². The topological polar surface area (TPSA) is 0 Å². The molecule has 0 N–H and O–H groups in total. The zero-order valence-corrected chi connectivity index (χ0v) is 17.0. The fourth-order valence-electron chi connectivity index (χ4n) is 4.07. The summed E-state index contributed by atoms with van der Waals surface area (Å²) in [7, 11) is 0. The summed E-state index contributed by atoms with van der Waals surface area (Å²) in [6.45, 7) is 2.07. The number of unbranched alkanes of at least 4 members (excludes halogenated alkanes) is 1. The van der Waals surface area contributed by atoms with Crippen LogP contribution in [0.4, 0.5) is 22.0 Å². The van der Waals surface area contributed by atoms with Gasteiger partial charge in [-0.15, -0.1) is 0 Å². The molecule has 0 fully saturated rings. The fraction of sp³-hybridized carbons (Fsp3) is 0.231. The summed E-state index contributed by atoms with van der Waals surface area (Å²) in [5, 5.41) is 0.